The molecule has 1 saturated heterocycles. The van der Waals surface area contributed by atoms with E-state index in [0.29, 0.717) is 24.7 Å². The lowest BCUT2D eigenvalue weighted by Gasteiger charge is -2.32. The summed E-state index contributed by atoms with van der Waals surface area (Å²) in [6.45, 7) is 8.14. The quantitative estimate of drug-likeness (QED) is 0.426. The fourth-order valence-corrected chi connectivity index (χ4v) is 3.77. The van der Waals surface area contributed by atoms with Crippen molar-refractivity contribution >= 4 is 11.7 Å². The summed E-state index contributed by atoms with van der Waals surface area (Å²) in [5, 5.41) is 0. The Bertz CT molecular complexity index is 568. The summed E-state index contributed by atoms with van der Waals surface area (Å²) in [4.78, 5) is 26.2. The highest BCUT2D eigenvalue weighted by Gasteiger charge is 2.23. The first-order valence-corrected chi connectivity index (χ1v) is 10.4. The molecule has 0 radical (unpaired) electrons. The van der Waals surface area contributed by atoms with Crippen LogP contribution in [-0.4, -0.2) is 29.7 Å². The van der Waals surface area contributed by atoms with Crippen LogP contribution in [0.25, 0.3) is 0 Å². The molecule has 3 nitrogen and oxygen atoms in total. The van der Waals surface area contributed by atoms with Crippen LogP contribution in [0.2, 0.25) is 0 Å². The molecule has 26 heavy (non-hydrogen) atoms. The summed E-state index contributed by atoms with van der Waals surface area (Å²) < 4.78 is 0. The number of benzene rings is 1. The van der Waals surface area contributed by atoms with Crippen molar-refractivity contribution < 1.29 is 9.59 Å². The first-order valence-electron chi connectivity index (χ1n) is 10.4. The van der Waals surface area contributed by atoms with Crippen LogP contribution >= 0.6 is 0 Å². The fraction of sp³-hybridized carbons (Fsp3) is 0.652. The smallest absolute Gasteiger partial charge is 0.222 e. The second kappa shape index (κ2) is 10.5. The molecule has 3 heteroatoms. The van der Waals surface area contributed by atoms with Gasteiger partial charge in [0.05, 0.1) is 0 Å². The molecule has 0 saturated carbocycles. The molecule has 1 aromatic carbocycles. The van der Waals surface area contributed by atoms with Gasteiger partial charge in [0.1, 0.15) is 0 Å². The summed E-state index contributed by atoms with van der Waals surface area (Å²) in [6, 6.07) is 8.10. The molecular weight excluding hydrogens is 322 g/mol. The van der Waals surface area contributed by atoms with Crippen molar-refractivity contribution in [3.8, 4) is 0 Å². The van der Waals surface area contributed by atoms with E-state index in [4.69, 9.17) is 0 Å². The molecule has 1 aliphatic rings. The Morgan fingerprint density at radius 3 is 2.27 bits per heavy atom. The van der Waals surface area contributed by atoms with Gasteiger partial charge in [0.2, 0.25) is 5.91 Å². The third kappa shape index (κ3) is 6.26. The van der Waals surface area contributed by atoms with Gasteiger partial charge >= 0.3 is 0 Å². The number of ketones is 1. The molecule has 1 aromatic rings. The third-order valence-electron chi connectivity index (χ3n) is 5.54. The molecule has 0 bridgehead atoms. The van der Waals surface area contributed by atoms with Crippen LogP contribution in [-0.2, 0) is 4.79 Å². The first kappa shape index (κ1) is 20.7. The Labute approximate surface area is 159 Å². The maximum atomic E-state index is 12.4. The van der Waals surface area contributed by atoms with Crippen molar-refractivity contribution in [2.24, 2.45) is 5.92 Å². The summed E-state index contributed by atoms with van der Waals surface area (Å²) in [5.74, 6) is 1.80. The largest absolute Gasteiger partial charge is 0.343 e. The van der Waals surface area contributed by atoms with Gasteiger partial charge in [-0.2, -0.15) is 0 Å². The van der Waals surface area contributed by atoms with Crippen LogP contribution in [0.4, 0.5) is 0 Å². The second-order valence-electron chi connectivity index (χ2n) is 8.05. The molecule has 0 N–H and O–H groups in total. The second-order valence-corrected chi connectivity index (χ2v) is 8.05. The summed E-state index contributed by atoms with van der Waals surface area (Å²) in [6.07, 6.45) is 8.02. The van der Waals surface area contributed by atoms with E-state index in [-0.39, 0.29) is 5.78 Å². The number of amides is 1. The minimum atomic E-state index is 0.199. The molecular formula is C23H35NO2. The minimum absolute atomic E-state index is 0.199. The van der Waals surface area contributed by atoms with Crippen LogP contribution in [0, 0.1) is 5.92 Å². The van der Waals surface area contributed by atoms with E-state index in [2.05, 4.69) is 26.0 Å². The highest BCUT2D eigenvalue weighted by atomic mass is 16.2. The Hall–Kier alpha value is -1.64. The number of carbonyl (C=O) groups is 2. The lowest BCUT2D eigenvalue weighted by Crippen LogP contribution is -2.37. The molecule has 1 aliphatic heterocycles. The fourth-order valence-electron chi connectivity index (χ4n) is 3.77. The SMILES string of the molecule is CCC(=O)c1ccc(C2CCN(C(=O)CCCCCC(C)C)CC2)cc1. The van der Waals surface area contributed by atoms with Gasteiger partial charge in [-0.25, -0.2) is 0 Å². The van der Waals surface area contributed by atoms with Gasteiger partial charge in [-0.1, -0.05) is 64.3 Å². The molecule has 0 aromatic heterocycles. The summed E-state index contributed by atoms with van der Waals surface area (Å²) >= 11 is 0. The molecule has 2 rings (SSSR count). The van der Waals surface area contributed by atoms with Crippen molar-refractivity contribution in [1.82, 2.24) is 4.90 Å². The normalized spacial score (nSPS) is 15.5. The van der Waals surface area contributed by atoms with Gasteiger partial charge in [0, 0.05) is 31.5 Å². The van der Waals surface area contributed by atoms with Gasteiger partial charge in [-0.05, 0) is 36.7 Å². The van der Waals surface area contributed by atoms with E-state index < -0.39 is 0 Å². The predicted octanol–water partition coefficient (Wildman–Crippen LogP) is 5.59. The molecule has 144 valence electrons. The average molecular weight is 358 g/mol. The van der Waals surface area contributed by atoms with Crippen molar-refractivity contribution in [3.63, 3.8) is 0 Å². The standard InChI is InChI=1S/C23H35NO2/c1-4-22(25)21-12-10-19(11-13-21)20-14-16-24(17-15-20)23(26)9-7-5-6-8-18(2)3/h10-13,18,20H,4-9,14-17H2,1-3H3. The van der Waals surface area contributed by atoms with Crippen molar-refractivity contribution in [3.05, 3.63) is 35.4 Å². The van der Waals surface area contributed by atoms with E-state index in [1.807, 2.05) is 24.0 Å². The van der Waals surface area contributed by atoms with Crippen LogP contribution in [0.1, 0.15) is 94.0 Å². The van der Waals surface area contributed by atoms with Crippen LogP contribution in [0.5, 0.6) is 0 Å². The Morgan fingerprint density at radius 1 is 1.04 bits per heavy atom. The number of rotatable bonds is 9. The number of nitrogens with zero attached hydrogens (tertiary/aromatic N) is 1. The van der Waals surface area contributed by atoms with Gasteiger partial charge in [-0.3, -0.25) is 9.59 Å². The number of hydrogen-bond donors (Lipinski definition) is 0. The highest BCUT2D eigenvalue weighted by Crippen LogP contribution is 2.28. The highest BCUT2D eigenvalue weighted by molar-refractivity contribution is 5.95. The van der Waals surface area contributed by atoms with E-state index in [1.165, 1.54) is 24.8 Å². The zero-order valence-corrected chi connectivity index (χ0v) is 16.8. The van der Waals surface area contributed by atoms with Gasteiger partial charge in [-0.15, -0.1) is 0 Å². The third-order valence-corrected chi connectivity index (χ3v) is 5.54. The Kier molecular flexibility index (Phi) is 8.34. The van der Waals surface area contributed by atoms with E-state index in [1.54, 1.807) is 0 Å². The van der Waals surface area contributed by atoms with Crippen LogP contribution < -0.4 is 0 Å². The number of likely N-dealkylation sites (tertiary alicyclic amines) is 1. The predicted molar refractivity (Wildman–Crippen MR) is 108 cm³/mol. The molecule has 0 atom stereocenters. The minimum Gasteiger partial charge on any atom is -0.343 e. The Balaban J connectivity index is 1.72. The Morgan fingerprint density at radius 2 is 1.69 bits per heavy atom. The van der Waals surface area contributed by atoms with Crippen LogP contribution in [0.15, 0.2) is 24.3 Å². The van der Waals surface area contributed by atoms with Gasteiger partial charge in [0.25, 0.3) is 0 Å². The zero-order chi connectivity index (χ0) is 18.9. The van der Waals surface area contributed by atoms with Gasteiger partial charge in [0.15, 0.2) is 5.78 Å². The number of piperidine rings is 1. The number of carbonyl (C=O) groups excluding carboxylic acids is 2. The van der Waals surface area contributed by atoms with Gasteiger partial charge < -0.3 is 4.90 Å². The summed E-state index contributed by atoms with van der Waals surface area (Å²) in [7, 11) is 0. The maximum Gasteiger partial charge on any atom is 0.222 e. The van der Waals surface area contributed by atoms with E-state index in [9.17, 15) is 9.59 Å². The first-order chi connectivity index (χ1) is 12.5. The van der Waals surface area contributed by atoms with E-state index >= 15 is 0 Å². The zero-order valence-electron chi connectivity index (χ0n) is 16.8. The lowest BCUT2D eigenvalue weighted by atomic mass is 9.88. The number of Topliss-reactive ketones (excluding diaryl/α,β-unsaturated/α-hetero) is 1. The van der Waals surface area contributed by atoms with Crippen molar-refractivity contribution in [1.29, 1.82) is 0 Å². The monoisotopic (exact) mass is 357 g/mol. The molecule has 1 amide bonds. The van der Waals surface area contributed by atoms with Crippen LogP contribution in [0.3, 0.4) is 0 Å². The molecule has 1 fully saturated rings. The van der Waals surface area contributed by atoms with E-state index in [0.717, 1.165) is 43.8 Å². The van der Waals surface area contributed by atoms with Crippen molar-refractivity contribution in [2.45, 2.75) is 78.1 Å². The summed E-state index contributed by atoms with van der Waals surface area (Å²) in [5.41, 5.74) is 2.11. The molecule has 1 heterocycles. The average Bonchev–Trinajstić information content (AvgIpc) is 2.67. The number of hydrogen-bond acceptors (Lipinski definition) is 2. The molecule has 0 aliphatic carbocycles. The molecule has 0 spiro atoms. The maximum absolute atomic E-state index is 12.4. The van der Waals surface area contributed by atoms with Crippen molar-refractivity contribution in [2.75, 3.05) is 13.1 Å². The topological polar surface area (TPSA) is 37.4 Å². The number of unbranched alkanes of at least 4 members (excludes halogenated alkanes) is 2. The molecule has 0 unspecified atom stereocenters. The lowest BCUT2D eigenvalue weighted by molar-refractivity contribution is -0.132.